The van der Waals surface area contributed by atoms with Gasteiger partial charge in [-0.1, -0.05) is 19.9 Å². The molecule has 0 spiro atoms. The summed E-state index contributed by atoms with van der Waals surface area (Å²) >= 11 is 2.35. The Kier molecular flexibility index (Phi) is 3.12. The maximum atomic E-state index is 5.62. The van der Waals surface area contributed by atoms with Gasteiger partial charge in [0.15, 0.2) is 0 Å². The molecule has 0 bridgehead atoms. The Morgan fingerprint density at radius 2 is 2.21 bits per heavy atom. The lowest BCUT2D eigenvalue weighted by atomic mass is 9.85. The Labute approximate surface area is 99.0 Å². The van der Waals surface area contributed by atoms with E-state index in [9.17, 15) is 0 Å². The van der Waals surface area contributed by atoms with Crippen molar-refractivity contribution in [1.29, 1.82) is 0 Å². The molecule has 0 fully saturated rings. The first-order valence-electron chi connectivity index (χ1n) is 5.04. The lowest BCUT2D eigenvalue weighted by Gasteiger charge is -2.28. The quantitative estimate of drug-likeness (QED) is 0.721. The van der Waals surface area contributed by atoms with Gasteiger partial charge in [0.1, 0.15) is 0 Å². The van der Waals surface area contributed by atoms with Crippen molar-refractivity contribution in [3.8, 4) is 0 Å². The van der Waals surface area contributed by atoms with Gasteiger partial charge in [0.25, 0.3) is 0 Å². The highest BCUT2D eigenvalue weighted by atomic mass is 127. The van der Waals surface area contributed by atoms with Gasteiger partial charge in [-0.15, -0.1) is 0 Å². The third kappa shape index (κ3) is 1.96. The van der Waals surface area contributed by atoms with Gasteiger partial charge in [-0.25, -0.2) is 0 Å². The third-order valence-corrected chi connectivity index (χ3v) is 3.54. The van der Waals surface area contributed by atoms with Crippen molar-refractivity contribution in [2.75, 3.05) is 6.61 Å². The molecule has 0 saturated heterocycles. The van der Waals surface area contributed by atoms with E-state index < -0.39 is 0 Å². The molecular formula is C12H15IO. The van der Waals surface area contributed by atoms with Crippen LogP contribution in [0.5, 0.6) is 0 Å². The van der Waals surface area contributed by atoms with Gasteiger partial charge >= 0.3 is 0 Å². The van der Waals surface area contributed by atoms with Crippen LogP contribution in [-0.2, 0) is 11.3 Å². The summed E-state index contributed by atoms with van der Waals surface area (Å²) in [7, 11) is 0. The Morgan fingerprint density at radius 1 is 1.43 bits per heavy atom. The Balaban J connectivity index is 2.40. The van der Waals surface area contributed by atoms with E-state index in [-0.39, 0.29) is 0 Å². The van der Waals surface area contributed by atoms with Crippen LogP contribution in [0.1, 0.15) is 30.9 Å². The summed E-state index contributed by atoms with van der Waals surface area (Å²) in [5.74, 6) is 1.24. The largest absolute Gasteiger partial charge is 0.376 e. The maximum Gasteiger partial charge on any atom is 0.0720 e. The Morgan fingerprint density at radius 3 is 2.93 bits per heavy atom. The van der Waals surface area contributed by atoms with Gasteiger partial charge in [0.05, 0.1) is 13.2 Å². The van der Waals surface area contributed by atoms with E-state index >= 15 is 0 Å². The molecule has 2 heteroatoms. The lowest BCUT2D eigenvalue weighted by Crippen LogP contribution is -2.20. The number of hydrogen-bond acceptors (Lipinski definition) is 1. The van der Waals surface area contributed by atoms with Crippen LogP contribution in [0.4, 0.5) is 0 Å². The normalized spacial score (nSPS) is 21.0. The molecule has 1 aromatic rings. The fourth-order valence-corrected chi connectivity index (χ4v) is 2.55. The summed E-state index contributed by atoms with van der Waals surface area (Å²) in [5, 5.41) is 0. The number of hydrogen-bond donors (Lipinski definition) is 0. The van der Waals surface area contributed by atoms with Crippen LogP contribution >= 0.6 is 22.6 Å². The van der Waals surface area contributed by atoms with E-state index in [4.69, 9.17) is 4.74 Å². The fourth-order valence-electron chi connectivity index (χ4n) is 2.00. The van der Waals surface area contributed by atoms with Crippen molar-refractivity contribution in [3.63, 3.8) is 0 Å². The van der Waals surface area contributed by atoms with Crippen LogP contribution in [0.2, 0.25) is 0 Å². The predicted molar refractivity (Wildman–Crippen MR) is 66.4 cm³/mol. The smallest absolute Gasteiger partial charge is 0.0720 e. The highest BCUT2D eigenvalue weighted by Gasteiger charge is 2.23. The van der Waals surface area contributed by atoms with Gasteiger partial charge in [-0.2, -0.15) is 0 Å². The third-order valence-electron chi connectivity index (χ3n) is 2.86. The zero-order valence-corrected chi connectivity index (χ0v) is 10.7. The SMILES string of the molecule is CC(C)[C@@H]1COCc2cc(I)ccc21. The van der Waals surface area contributed by atoms with E-state index in [1.54, 1.807) is 0 Å². The maximum absolute atomic E-state index is 5.62. The van der Waals surface area contributed by atoms with Gasteiger partial charge in [0, 0.05) is 9.49 Å². The molecule has 2 rings (SSSR count). The lowest BCUT2D eigenvalue weighted by molar-refractivity contribution is 0.0792. The molecule has 0 N–H and O–H groups in total. The zero-order chi connectivity index (χ0) is 10.1. The minimum absolute atomic E-state index is 0.579. The van der Waals surface area contributed by atoms with Crippen molar-refractivity contribution in [2.45, 2.75) is 26.4 Å². The summed E-state index contributed by atoms with van der Waals surface area (Å²) in [5.41, 5.74) is 2.87. The predicted octanol–water partition coefficient (Wildman–Crippen LogP) is 3.56. The molecule has 0 unspecified atom stereocenters. The van der Waals surface area contributed by atoms with Crippen molar-refractivity contribution >= 4 is 22.6 Å². The van der Waals surface area contributed by atoms with E-state index in [2.05, 4.69) is 54.6 Å². The van der Waals surface area contributed by atoms with Gasteiger partial charge < -0.3 is 4.74 Å². The average Bonchev–Trinajstić information content (AvgIpc) is 2.16. The molecule has 0 radical (unpaired) electrons. The highest BCUT2D eigenvalue weighted by Crippen LogP contribution is 2.32. The highest BCUT2D eigenvalue weighted by molar-refractivity contribution is 14.1. The van der Waals surface area contributed by atoms with E-state index in [0.29, 0.717) is 11.8 Å². The van der Waals surface area contributed by atoms with Crippen LogP contribution in [-0.4, -0.2) is 6.61 Å². The molecule has 0 aromatic heterocycles. The van der Waals surface area contributed by atoms with Crippen LogP contribution in [0.3, 0.4) is 0 Å². The average molecular weight is 302 g/mol. The molecule has 0 saturated carbocycles. The van der Waals surface area contributed by atoms with Gasteiger partial charge in [-0.3, -0.25) is 0 Å². The number of benzene rings is 1. The van der Waals surface area contributed by atoms with E-state index in [1.165, 1.54) is 14.7 Å². The van der Waals surface area contributed by atoms with Crippen LogP contribution < -0.4 is 0 Å². The van der Waals surface area contributed by atoms with E-state index in [1.807, 2.05) is 0 Å². The molecule has 1 nitrogen and oxygen atoms in total. The molecule has 1 aliphatic rings. The summed E-state index contributed by atoms with van der Waals surface area (Å²) in [6.07, 6.45) is 0. The molecule has 1 aliphatic heterocycles. The second-order valence-electron chi connectivity index (χ2n) is 4.21. The minimum atomic E-state index is 0.579. The monoisotopic (exact) mass is 302 g/mol. The molecule has 1 heterocycles. The summed E-state index contributed by atoms with van der Waals surface area (Å²) in [6.45, 7) is 6.20. The standard InChI is InChI=1S/C12H15IO/c1-8(2)12-7-14-6-9-5-10(13)3-4-11(9)12/h3-5,8,12H,6-7H2,1-2H3/t12-/m0/s1. The second-order valence-corrected chi connectivity index (χ2v) is 5.45. The first kappa shape index (κ1) is 10.4. The minimum Gasteiger partial charge on any atom is -0.376 e. The molecule has 0 aliphatic carbocycles. The summed E-state index contributed by atoms with van der Waals surface area (Å²) < 4.78 is 6.92. The second kappa shape index (κ2) is 4.19. The van der Waals surface area contributed by atoms with Gasteiger partial charge in [-0.05, 0) is 51.8 Å². The topological polar surface area (TPSA) is 9.23 Å². The molecule has 1 aromatic carbocycles. The van der Waals surface area contributed by atoms with Crippen LogP contribution in [0.15, 0.2) is 18.2 Å². The Bertz CT molecular complexity index is 333. The zero-order valence-electron chi connectivity index (χ0n) is 8.59. The summed E-state index contributed by atoms with van der Waals surface area (Å²) in [4.78, 5) is 0. The van der Waals surface area contributed by atoms with Crippen molar-refractivity contribution < 1.29 is 4.74 Å². The Hall–Kier alpha value is -0.0900. The molecule has 1 atom stereocenters. The van der Waals surface area contributed by atoms with Crippen LogP contribution in [0, 0.1) is 9.49 Å². The number of fused-ring (bicyclic) bond motifs is 1. The summed E-state index contributed by atoms with van der Waals surface area (Å²) in [6, 6.07) is 6.70. The molecule has 0 amide bonds. The molecule has 14 heavy (non-hydrogen) atoms. The number of rotatable bonds is 1. The number of halogens is 1. The number of ether oxygens (including phenoxy) is 1. The molecule has 76 valence electrons. The van der Waals surface area contributed by atoms with E-state index in [0.717, 1.165) is 13.2 Å². The fraction of sp³-hybridized carbons (Fsp3) is 0.500. The van der Waals surface area contributed by atoms with Crippen molar-refractivity contribution in [1.82, 2.24) is 0 Å². The molecular weight excluding hydrogens is 287 g/mol. The van der Waals surface area contributed by atoms with Crippen molar-refractivity contribution in [3.05, 3.63) is 32.9 Å². The van der Waals surface area contributed by atoms with Gasteiger partial charge in [0.2, 0.25) is 0 Å². The van der Waals surface area contributed by atoms with Crippen molar-refractivity contribution in [2.24, 2.45) is 5.92 Å². The first-order chi connectivity index (χ1) is 6.68. The first-order valence-corrected chi connectivity index (χ1v) is 6.12. The van der Waals surface area contributed by atoms with Crippen LogP contribution in [0.25, 0.3) is 0 Å².